The maximum Gasteiger partial charge on any atom is 0.150 e. The van der Waals surface area contributed by atoms with Crippen molar-refractivity contribution in [2.75, 3.05) is 0 Å². The number of hydrogen-bond acceptors (Lipinski definition) is 2. The van der Waals surface area contributed by atoms with Gasteiger partial charge in [0.25, 0.3) is 0 Å². The number of hydrogen-bond donors (Lipinski definition) is 0. The summed E-state index contributed by atoms with van der Waals surface area (Å²) < 4.78 is 19.4. The lowest BCUT2D eigenvalue weighted by Gasteiger charge is -2.29. The second-order valence-corrected chi connectivity index (χ2v) is 5.89. The van der Waals surface area contributed by atoms with E-state index in [4.69, 9.17) is 4.74 Å². The molecule has 2 nitrogen and oxygen atoms in total. The van der Waals surface area contributed by atoms with Crippen molar-refractivity contribution >= 4 is 12.0 Å². The van der Waals surface area contributed by atoms with Gasteiger partial charge in [-0.1, -0.05) is 60.7 Å². The molecule has 25 heavy (non-hydrogen) atoms. The van der Waals surface area contributed by atoms with Crippen molar-refractivity contribution in [3.63, 3.8) is 0 Å². The average Bonchev–Trinajstić information content (AvgIpc) is 2.68. The fraction of sp³-hybridized carbons (Fsp3) is 0.0455. The lowest BCUT2D eigenvalue weighted by atomic mass is 9.82. The van der Waals surface area contributed by atoms with E-state index in [2.05, 4.69) is 0 Å². The normalized spacial score (nSPS) is 16.1. The van der Waals surface area contributed by atoms with Crippen LogP contribution in [0.2, 0.25) is 0 Å². The second kappa shape index (κ2) is 6.36. The third kappa shape index (κ3) is 2.74. The average molecular weight is 330 g/mol. The fourth-order valence-corrected chi connectivity index (χ4v) is 3.23. The van der Waals surface area contributed by atoms with Crippen LogP contribution in [0.25, 0.3) is 5.76 Å². The lowest BCUT2D eigenvalue weighted by molar-refractivity contribution is -0.105. The fourth-order valence-electron chi connectivity index (χ4n) is 3.23. The number of aldehydes is 1. The summed E-state index contributed by atoms with van der Waals surface area (Å²) in [7, 11) is 0. The topological polar surface area (TPSA) is 26.3 Å². The molecule has 3 aromatic rings. The van der Waals surface area contributed by atoms with Crippen molar-refractivity contribution in [2.24, 2.45) is 0 Å². The first kappa shape index (κ1) is 15.3. The predicted octanol–water partition coefficient (Wildman–Crippen LogP) is 4.96. The van der Waals surface area contributed by atoms with E-state index in [1.54, 1.807) is 12.1 Å². The standard InChI is InChI=1S/C22H15FO2/c23-17-12-10-15(11-13-17)21-18-8-4-5-9-20(18)25-22(19(21)14-24)16-6-2-1-3-7-16/h1-14,21H. The van der Waals surface area contributed by atoms with Gasteiger partial charge in [-0.3, -0.25) is 4.79 Å². The molecule has 0 aliphatic carbocycles. The minimum absolute atomic E-state index is 0.293. The van der Waals surface area contributed by atoms with Gasteiger partial charge < -0.3 is 4.74 Å². The molecule has 1 heterocycles. The van der Waals surface area contributed by atoms with Crippen molar-refractivity contribution in [2.45, 2.75) is 5.92 Å². The molecule has 0 spiro atoms. The van der Waals surface area contributed by atoms with Gasteiger partial charge in [-0.05, 0) is 23.8 Å². The highest BCUT2D eigenvalue weighted by Gasteiger charge is 2.31. The zero-order valence-electron chi connectivity index (χ0n) is 13.4. The van der Waals surface area contributed by atoms with Gasteiger partial charge in [0.2, 0.25) is 0 Å². The van der Waals surface area contributed by atoms with Crippen LogP contribution in [0.4, 0.5) is 4.39 Å². The largest absolute Gasteiger partial charge is 0.456 e. The van der Waals surface area contributed by atoms with Crippen molar-refractivity contribution in [3.05, 3.63) is 107 Å². The van der Waals surface area contributed by atoms with Gasteiger partial charge in [-0.2, -0.15) is 0 Å². The van der Waals surface area contributed by atoms with Crippen LogP contribution in [0.5, 0.6) is 5.75 Å². The highest BCUT2D eigenvalue weighted by Crippen LogP contribution is 2.44. The van der Waals surface area contributed by atoms with E-state index < -0.39 is 0 Å². The summed E-state index contributed by atoms with van der Waals surface area (Å²) in [5, 5.41) is 0. The number of rotatable bonds is 3. The van der Waals surface area contributed by atoms with Crippen LogP contribution in [0.1, 0.15) is 22.6 Å². The Morgan fingerprint density at radius 3 is 2.24 bits per heavy atom. The Bertz CT molecular complexity index is 943. The van der Waals surface area contributed by atoms with E-state index in [9.17, 15) is 9.18 Å². The van der Waals surface area contributed by atoms with Gasteiger partial charge in [0, 0.05) is 22.6 Å². The van der Waals surface area contributed by atoms with Crippen molar-refractivity contribution in [3.8, 4) is 5.75 Å². The van der Waals surface area contributed by atoms with Gasteiger partial charge in [0.1, 0.15) is 17.3 Å². The van der Waals surface area contributed by atoms with E-state index in [0.717, 1.165) is 23.0 Å². The smallest absolute Gasteiger partial charge is 0.150 e. The van der Waals surface area contributed by atoms with Crippen molar-refractivity contribution in [1.29, 1.82) is 0 Å². The van der Waals surface area contributed by atoms with Crippen LogP contribution in [0.15, 0.2) is 84.4 Å². The van der Waals surface area contributed by atoms with E-state index in [1.807, 2.05) is 54.6 Å². The van der Waals surface area contributed by atoms with Crippen LogP contribution >= 0.6 is 0 Å². The van der Waals surface area contributed by atoms with Gasteiger partial charge in [-0.25, -0.2) is 4.39 Å². The molecule has 3 aromatic carbocycles. The molecule has 1 aliphatic rings. The predicted molar refractivity (Wildman–Crippen MR) is 94.7 cm³/mol. The molecule has 0 saturated heterocycles. The van der Waals surface area contributed by atoms with E-state index in [1.165, 1.54) is 12.1 Å². The number of fused-ring (bicyclic) bond motifs is 1. The molecule has 0 amide bonds. The number of ether oxygens (including phenoxy) is 1. The summed E-state index contributed by atoms with van der Waals surface area (Å²) in [5.41, 5.74) is 3.13. The molecule has 4 rings (SSSR count). The van der Waals surface area contributed by atoms with Gasteiger partial charge >= 0.3 is 0 Å². The Kier molecular flexibility index (Phi) is 3.90. The van der Waals surface area contributed by atoms with Crippen LogP contribution in [0.3, 0.4) is 0 Å². The summed E-state index contributed by atoms with van der Waals surface area (Å²) in [4.78, 5) is 12.0. The van der Waals surface area contributed by atoms with Crippen LogP contribution < -0.4 is 4.74 Å². The van der Waals surface area contributed by atoms with Crippen LogP contribution in [0, 0.1) is 5.82 Å². The third-order valence-corrected chi connectivity index (χ3v) is 4.38. The Balaban J connectivity index is 1.95. The highest BCUT2D eigenvalue weighted by atomic mass is 19.1. The van der Waals surface area contributed by atoms with Crippen LogP contribution in [-0.2, 0) is 4.79 Å². The molecule has 3 heteroatoms. The van der Waals surface area contributed by atoms with E-state index >= 15 is 0 Å². The Hall–Kier alpha value is -3.20. The maximum atomic E-state index is 13.4. The Morgan fingerprint density at radius 1 is 0.840 bits per heavy atom. The minimum Gasteiger partial charge on any atom is -0.456 e. The van der Waals surface area contributed by atoms with Crippen molar-refractivity contribution in [1.82, 2.24) is 0 Å². The third-order valence-electron chi connectivity index (χ3n) is 4.38. The molecule has 0 saturated carbocycles. The Labute approximate surface area is 145 Å². The molecule has 1 unspecified atom stereocenters. The molecule has 0 bridgehead atoms. The summed E-state index contributed by atoms with van der Waals surface area (Å²) in [6.07, 6.45) is 0.840. The molecule has 1 aliphatic heterocycles. The quantitative estimate of drug-likeness (QED) is 0.635. The lowest BCUT2D eigenvalue weighted by Crippen LogP contribution is -2.17. The molecule has 0 radical (unpaired) electrons. The highest BCUT2D eigenvalue weighted by molar-refractivity contribution is 5.91. The van der Waals surface area contributed by atoms with Gasteiger partial charge in [-0.15, -0.1) is 0 Å². The molecule has 0 aromatic heterocycles. The molecule has 0 fully saturated rings. The first-order valence-electron chi connectivity index (χ1n) is 8.05. The summed E-state index contributed by atoms with van der Waals surface area (Å²) in [6.45, 7) is 0. The minimum atomic E-state index is -0.302. The monoisotopic (exact) mass is 330 g/mol. The molecule has 1 atom stereocenters. The van der Waals surface area contributed by atoms with E-state index in [0.29, 0.717) is 17.1 Å². The molecule has 122 valence electrons. The first-order chi connectivity index (χ1) is 12.3. The number of para-hydroxylation sites is 1. The number of carbonyl (C=O) groups excluding carboxylic acids is 1. The summed E-state index contributed by atoms with van der Waals surface area (Å²) in [5.74, 6) is 0.659. The number of halogens is 1. The maximum absolute atomic E-state index is 13.4. The summed E-state index contributed by atoms with van der Waals surface area (Å²) in [6, 6.07) is 23.4. The zero-order valence-corrected chi connectivity index (χ0v) is 13.4. The van der Waals surface area contributed by atoms with Crippen molar-refractivity contribution < 1.29 is 13.9 Å². The van der Waals surface area contributed by atoms with Gasteiger partial charge in [0.05, 0.1) is 0 Å². The van der Waals surface area contributed by atoms with E-state index in [-0.39, 0.29) is 11.7 Å². The number of benzene rings is 3. The molecular weight excluding hydrogens is 315 g/mol. The number of carbonyl (C=O) groups is 1. The summed E-state index contributed by atoms with van der Waals surface area (Å²) >= 11 is 0. The van der Waals surface area contributed by atoms with Crippen LogP contribution in [-0.4, -0.2) is 6.29 Å². The molecular formula is C22H15FO2. The number of allylic oxidation sites excluding steroid dienone is 1. The Morgan fingerprint density at radius 2 is 1.52 bits per heavy atom. The molecule has 0 N–H and O–H groups in total. The zero-order chi connectivity index (χ0) is 17.2. The first-order valence-corrected chi connectivity index (χ1v) is 8.05. The second-order valence-electron chi connectivity index (χ2n) is 5.89. The SMILES string of the molecule is O=CC1=C(c2ccccc2)Oc2ccccc2C1c1ccc(F)cc1. The van der Waals surface area contributed by atoms with Gasteiger partial charge in [0.15, 0.2) is 6.29 Å².